The molecule has 0 unspecified atom stereocenters. The van der Waals surface area contributed by atoms with Crippen molar-refractivity contribution in [3.8, 4) is 0 Å². The van der Waals surface area contributed by atoms with Crippen LogP contribution in [0, 0.1) is 0 Å². The number of amides is 3. The summed E-state index contributed by atoms with van der Waals surface area (Å²) in [4.78, 5) is 28.0. The van der Waals surface area contributed by atoms with Crippen LogP contribution in [0.4, 0.5) is 16.3 Å². The minimum atomic E-state index is -0.351. The molecule has 3 amide bonds. The highest BCUT2D eigenvalue weighted by Crippen LogP contribution is 2.16. The van der Waals surface area contributed by atoms with E-state index < -0.39 is 0 Å². The molecule has 1 aliphatic rings. The SMILES string of the molecule is Nc1nonc1C(=O)N1CCCN(C(=O)Nc2cccc(Cl)c2)CC1. The van der Waals surface area contributed by atoms with Crippen molar-refractivity contribution in [2.45, 2.75) is 6.42 Å². The molecule has 0 radical (unpaired) electrons. The van der Waals surface area contributed by atoms with Crippen LogP contribution in [0.15, 0.2) is 28.9 Å². The topological polar surface area (TPSA) is 118 Å². The zero-order valence-corrected chi connectivity index (χ0v) is 14.1. The highest BCUT2D eigenvalue weighted by Gasteiger charge is 2.26. The molecule has 0 atom stereocenters. The van der Waals surface area contributed by atoms with Crippen molar-refractivity contribution < 1.29 is 14.2 Å². The van der Waals surface area contributed by atoms with Crippen molar-refractivity contribution in [3.05, 3.63) is 35.0 Å². The van der Waals surface area contributed by atoms with Gasteiger partial charge < -0.3 is 20.9 Å². The summed E-state index contributed by atoms with van der Waals surface area (Å²) in [5, 5.41) is 10.3. The van der Waals surface area contributed by atoms with E-state index in [9.17, 15) is 9.59 Å². The number of carbonyl (C=O) groups excluding carboxylic acids is 2. The molecule has 1 aliphatic heterocycles. The molecule has 0 spiro atoms. The first-order valence-corrected chi connectivity index (χ1v) is 8.11. The van der Waals surface area contributed by atoms with Gasteiger partial charge in [-0.25, -0.2) is 9.42 Å². The number of halogens is 1. The number of carbonyl (C=O) groups is 2. The van der Waals surface area contributed by atoms with Gasteiger partial charge in [-0.2, -0.15) is 0 Å². The molecule has 132 valence electrons. The molecule has 2 aromatic rings. The fraction of sp³-hybridized carbons (Fsp3) is 0.333. The summed E-state index contributed by atoms with van der Waals surface area (Å²) < 4.78 is 4.47. The molecular formula is C15H17ClN6O3. The van der Waals surface area contributed by atoms with E-state index in [-0.39, 0.29) is 23.5 Å². The van der Waals surface area contributed by atoms with Gasteiger partial charge in [0.2, 0.25) is 11.5 Å². The Hall–Kier alpha value is -2.81. The quantitative estimate of drug-likeness (QED) is 0.837. The van der Waals surface area contributed by atoms with Gasteiger partial charge in [-0.1, -0.05) is 17.7 Å². The number of benzene rings is 1. The maximum Gasteiger partial charge on any atom is 0.321 e. The van der Waals surface area contributed by atoms with Gasteiger partial charge in [-0.05, 0) is 34.9 Å². The maximum atomic E-state index is 12.4. The predicted octanol–water partition coefficient (Wildman–Crippen LogP) is 1.69. The number of anilines is 2. The Balaban J connectivity index is 1.60. The molecule has 1 aromatic heterocycles. The number of urea groups is 1. The minimum absolute atomic E-state index is 0.00294. The Morgan fingerprint density at radius 1 is 1.16 bits per heavy atom. The van der Waals surface area contributed by atoms with Crippen LogP contribution in [0.1, 0.15) is 16.9 Å². The number of nitrogens with one attached hydrogen (secondary N) is 1. The molecule has 1 saturated heterocycles. The molecule has 3 N–H and O–H groups in total. The number of hydrogen-bond acceptors (Lipinski definition) is 6. The second kappa shape index (κ2) is 7.39. The molecule has 3 rings (SSSR count). The third kappa shape index (κ3) is 4.00. The zero-order chi connectivity index (χ0) is 17.8. The monoisotopic (exact) mass is 364 g/mol. The first-order chi connectivity index (χ1) is 12.0. The van der Waals surface area contributed by atoms with Crippen LogP contribution >= 0.6 is 11.6 Å². The summed E-state index contributed by atoms with van der Waals surface area (Å²) >= 11 is 5.92. The summed E-state index contributed by atoms with van der Waals surface area (Å²) in [5.41, 5.74) is 6.18. The van der Waals surface area contributed by atoms with Gasteiger partial charge in [0.05, 0.1) is 0 Å². The van der Waals surface area contributed by atoms with Gasteiger partial charge in [0, 0.05) is 36.9 Å². The number of aromatic nitrogens is 2. The molecule has 0 saturated carbocycles. The lowest BCUT2D eigenvalue weighted by Crippen LogP contribution is -2.39. The van der Waals surface area contributed by atoms with Gasteiger partial charge in [0.1, 0.15) is 0 Å². The molecule has 25 heavy (non-hydrogen) atoms. The number of nitrogens with zero attached hydrogens (tertiary/aromatic N) is 4. The first kappa shape index (κ1) is 17.0. The van der Waals surface area contributed by atoms with Crippen LogP contribution in [0.3, 0.4) is 0 Å². The van der Waals surface area contributed by atoms with E-state index in [0.29, 0.717) is 43.3 Å². The Bertz CT molecular complexity index is 780. The van der Waals surface area contributed by atoms with Crippen molar-refractivity contribution >= 4 is 35.0 Å². The summed E-state index contributed by atoms with van der Waals surface area (Å²) in [6.07, 6.45) is 0.639. The van der Waals surface area contributed by atoms with Crippen molar-refractivity contribution in [2.24, 2.45) is 0 Å². The fourth-order valence-corrected chi connectivity index (χ4v) is 2.78. The van der Waals surface area contributed by atoms with Gasteiger partial charge >= 0.3 is 6.03 Å². The largest absolute Gasteiger partial charge is 0.379 e. The second-order valence-corrected chi connectivity index (χ2v) is 6.01. The van der Waals surface area contributed by atoms with Crippen LogP contribution in [-0.4, -0.2) is 58.2 Å². The van der Waals surface area contributed by atoms with Crippen LogP contribution in [0.5, 0.6) is 0 Å². The van der Waals surface area contributed by atoms with E-state index >= 15 is 0 Å². The molecule has 2 heterocycles. The summed E-state index contributed by atoms with van der Waals surface area (Å²) in [5.74, 6) is -0.388. The molecule has 10 heteroatoms. The third-order valence-electron chi connectivity index (χ3n) is 3.86. The molecule has 1 fully saturated rings. The van der Waals surface area contributed by atoms with Gasteiger partial charge in [0.15, 0.2) is 0 Å². The number of nitrogen functional groups attached to an aromatic ring is 1. The van der Waals surface area contributed by atoms with E-state index in [1.807, 2.05) is 0 Å². The van der Waals surface area contributed by atoms with Crippen LogP contribution in [0.2, 0.25) is 5.02 Å². The minimum Gasteiger partial charge on any atom is -0.379 e. The van der Waals surface area contributed by atoms with E-state index in [0.717, 1.165) is 0 Å². The van der Waals surface area contributed by atoms with Crippen molar-refractivity contribution in [3.63, 3.8) is 0 Å². The van der Waals surface area contributed by atoms with Gasteiger partial charge in [-0.3, -0.25) is 4.79 Å². The van der Waals surface area contributed by atoms with Crippen LogP contribution in [0.25, 0.3) is 0 Å². The highest BCUT2D eigenvalue weighted by molar-refractivity contribution is 6.30. The highest BCUT2D eigenvalue weighted by atomic mass is 35.5. The first-order valence-electron chi connectivity index (χ1n) is 7.73. The number of nitrogens with two attached hydrogens (primary N) is 1. The molecular weight excluding hydrogens is 348 g/mol. The van der Waals surface area contributed by atoms with E-state index in [4.69, 9.17) is 17.3 Å². The summed E-state index contributed by atoms with van der Waals surface area (Å²) in [6, 6.07) is 6.69. The Morgan fingerprint density at radius 2 is 1.92 bits per heavy atom. The van der Waals surface area contributed by atoms with Crippen LogP contribution in [-0.2, 0) is 0 Å². The van der Waals surface area contributed by atoms with E-state index in [1.165, 1.54) is 0 Å². The van der Waals surface area contributed by atoms with Gasteiger partial charge in [-0.15, -0.1) is 0 Å². The van der Waals surface area contributed by atoms with Crippen LogP contribution < -0.4 is 11.1 Å². The Labute approximate surface area is 148 Å². The van der Waals surface area contributed by atoms with Crippen molar-refractivity contribution in [1.82, 2.24) is 20.1 Å². The molecule has 1 aromatic carbocycles. The smallest absolute Gasteiger partial charge is 0.321 e. The standard InChI is InChI=1S/C15H17ClN6O3/c16-10-3-1-4-11(9-10)18-15(24)22-6-2-5-21(7-8-22)14(23)12-13(17)20-25-19-12/h1,3-4,9H,2,5-8H2,(H2,17,20)(H,18,24). The second-order valence-electron chi connectivity index (χ2n) is 5.57. The molecule has 9 nitrogen and oxygen atoms in total. The average molecular weight is 365 g/mol. The summed E-state index contributed by atoms with van der Waals surface area (Å²) in [6.45, 7) is 1.78. The van der Waals surface area contributed by atoms with Crippen molar-refractivity contribution in [1.29, 1.82) is 0 Å². The summed E-state index contributed by atoms with van der Waals surface area (Å²) in [7, 11) is 0. The normalized spacial score (nSPS) is 14.9. The Morgan fingerprint density at radius 3 is 2.64 bits per heavy atom. The van der Waals surface area contributed by atoms with E-state index in [1.54, 1.807) is 34.1 Å². The van der Waals surface area contributed by atoms with E-state index in [2.05, 4.69) is 20.3 Å². The number of hydrogen-bond donors (Lipinski definition) is 2. The zero-order valence-electron chi connectivity index (χ0n) is 13.3. The fourth-order valence-electron chi connectivity index (χ4n) is 2.59. The number of rotatable bonds is 2. The lowest BCUT2D eigenvalue weighted by atomic mass is 10.3. The average Bonchev–Trinajstić information content (AvgIpc) is 2.86. The lowest BCUT2D eigenvalue weighted by Gasteiger charge is -2.22. The predicted molar refractivity (Wildman–Crippen MR) is 91.3 cm³/mol. The molecule has 0 aliphatic carbocycles. The van der Waals surface area contributed by atoms with Gasteiger partial charge in [0.25, 0.3) is 5.91 Å². The molecule has 0 bridgehead atoms. The van der Waals surface area contributed by atoms with Crippen molar-refractivity contribution in [2.75, 3.05) is 37.2 Å². The third-order valence-corrected chi connectivity index (χ3v) is 4.10. The Kier molecular flexibility index (Phi) is 5.03. The maximum absolute atomic E-state index is 12.4. The lowest BCUT2D eigenvalue weighted by molar-refractivity contribution is 0.0752.